The van der Waals surface area contributed by atoms with Gasteiger partial charge < -0.3 is 9.30 Å². The molecule has 1 aliphatic carbocycles. The number of nitrogens with zero attached hydrogens (tertiary/aromatic N) is 3. The fraction of sp³-hybridized carbons (Fsp3) is 0.500. The maximum absolute atomic E-state index is 13.5. The topological polar surface area (TPSA) is 71.2 Å². The first-order valence-corrected chi connectivity index (χ1v) is 15.8. The molecule has 0 atom stereocenters. The highest BCUT2D eigenvalue weighted by molar-refractivity contribution is 8.01. The summed E-state index contributed by atoms with van der Waals surface area (Å²) < 4.78 is 9.13. The maximum atomic E-state index is 13.5. The number of methoxy groups -OCH3 is 1. The van der Waals surface area contributed by atoms with Gasteiger partial charge in [0.25, 0.3) is 5.84 Å². The fourth-order valence-electron chi connectivity index (χ4n) is 4.98. The molecule has 1 aliphatic rings. The molecule has 0 aliphatic heterocycles. The van der Waals surface area contributed by atoms with E-state index >= 15 is 0 Å². The van der Waals surface area contributed by atoms with E-state index in [0.717, 1.165) is 65.2 Å². The van der Waals surface area contributed by atoms with E-state index < -0.39 is 4.75 Å². The Morgan fingerprint density at radius 2 is 1.81 bits per heavy atom. The molecule has 0 unspecified atom stereocenters. The van der Waals surface area contributed by atoms with Crippen LogP contribution in [0, 0.1) is 11.3 Å². The average molecular weight is 591 g/mol. The summed E-state index contributed by atoms with van der Waals surface area (Å²) in [5, 5.41) is 6.36. The number of hydrogen-bond donors (Lipinski definition) is 2. The molecule has 0 saturated heterocycles. The molecule has 0 radical (unpaired) electrons. The number of amidine groups is 1. The van der Waals surface area contributed by atoms with Crippen molar-refractivity contribution in [2.45, 2.75) is 83.4 Å². The first kappa shape index (κ1) is 31.7. The molecular weight excluding hydrogens is 542 g/mol. The highest BCUT2D eigenvalue weighted by Gasteiger charge is 2.31. The smallest absolute Gasteiger partial charge is 0.283 e. The number of fused-ring (bicyclic) bond motifs is 1. The molecule has 1 fully saturated rings. The minimum atomic E-state index is -0.737. The van der Waals surface area contributed by atoms with Gasteiger partial charge in [-0.3, -0.25) is 14.7 Å². The van der Waals surface area contributed by atoms with Crippen LogP contribution in [-0.4, -0.2) is 51.3 Å². The highest BCUT2D eigenvalue weighted by atomic mass is 32.2. The van der Waals surface area contributed by atoms with E-state index in [1.807, 2.05) is 45.2 Å². The van der Waals surface area contributed by atoms with Crippen LogP contribution >= 0.6 is 11.8 Å². The van der Waals surface area contributed by atoms with Crippen molar-refractivity contribution in [2.24, 2.45) is 11.3 Å². The number of ether oxygens (including phenoxy) is 1. The van der Waals surface area contributed by atoms with E-state index in [-0.39, 0.29) is 11.3 Å². The minimum absolute atomic E-state index is 0.120. The van der Waals surface area contributed by atoms with Crippen LogP contribution < -0.4 is 15.4 Å². The predicted octanol–water partition coefficient (Wildman–Crippen LogP) is 6.59. The second kappa shape index (κ2) is 12.9. The van der Waals surface area contributed by atoms with Crippen molar-refractivity contribution in [2.75, 3.05) is 20.7 Å². The van der Waals surface area contributed by atoms with Crippen LogP contribution in [0.5, 0.6) is 5.75 Å². The largest absolute Gasteiger partial charge is 0.497 e. The van der Waals surface area contributed by atoms with E-state index in [1.54, 1.807) is 7.11 Å². The first-order chi connectivity index (χ1) is 19.8. The number of nitrogens with one attached hydrogen (secondary N) is 2. The molecule has 1 saturated carbocycles. The third-order valence-corrected chi connectivity index (χ3v) is 8.57. The van der Waals surface area contributed by atoms with Gasteiger partial charge in [0, 0.05) is 17.9 Å². The Balaban J connectivity index is 1.48. The molecule has 2 N–H and O–H groups in total. The van der Waals surface area contributed by atoms with Crippen LogP contribution in [0.15, 0.2) is 59.8 Å². The van der Waals surface area contributed by atoms with Crippen molar-refractivity contribution in [3.05, 3.63) is 66.3 Å². The van der Waals surface area contributed by atoms with Crippen molar-refractivity contribution >= 4 is 34.5 Å². The number of carbonyl (C=O) groups excluding carboxylic acids is 1. The van der Waals surface area contributed by atoms with Crippen LogP contribution in [-0.2, 0) is 17.8 Å². The van der Waals surface area contributed by atoms with Crippen molar-refractivity contribution < 1.29 is 14.1 Å². The molecule has 8 heteroatoms. The van der Waals surface area contributed by atoms with E-state index in [0.29, 0.717) is 5.82 Å². The minimum Gasteiger partial charge on any atom is -0.497 e. The van der Waals surface area contributed by atoms with Crippen LogP contribution in [0.25, 0.3) is 11.0 Å². The zero-order valence-electron chi connectivity index (χ0n) is 26.6. The predicted molar refractivity (Wildman–Crippen MR) is 174 cm³/mol. The number of aromatic nitrogens is 2. The number of benzene rings is 2. The van der Waals surface area contributed by atoms with Gasteiger partial charge >= 0.3 is 0 Å². The standard InChI is InChI=1S/C34H47N5O2S/c1-10-19-38(8)31(25-13-15-26(41-9)16-14-25)35-23(2)36-32(40)34(6,7)42-27-17-18-29-28(20-27)37-30(21-33(3,4)5)39(29)22-24-11-12-24/h13-18,20,24H,2,10-12,19,21-22H2,1,3-9H3,(H,36,40)/p+1. The second-order valence-corrected chi connectivity index (χ2v) is 14.8. The molecule has 1 aromatic heterocycles. The van der Waals surface area contributed by atoms with Gasteiger partial charge in [-0.25, -0.2) is 10.3 Å². The number of amides is 1. The monoisotopic (exact) mass is 590 g/mol. The summed E-state index contributed by atoms with van der Waals surface area (Å²) in [6.07, 6.45) is 4.53. The molecular formula is C34H48N5O2S+. The molecule has 0 spiro atoms. The number of rotatable bonds is 12. The Morgan fingerprint density at radius 1 is 1.12 bits per heavy atom. The van der Waals surface area contributed by atoms with Crippen LogP contribution in [0.2, 0.25) is 0 Å². The number of imidazole rings is 1. The summed E-state index contributed by atoms with van der Waals surface area (Å²) in [5.41, 5.74) is 3.33. The van der Waals surface area contributed by atoms with Crippen molar-refractivity contribution in [1.29, 1.82) is 0 Å². The Morgan fingerprint density at radius 3 is 2.40 bits per heavy atom. The summed E-state index contributed by atoms with van der Waals surface area (Å²) in [4.78, 5) is 19.6. The normalized spacial score (nSPS) is 14.5. The number of hydrogen-bond acceptors (Lipinski definition) is 4. The van der Waals surface area contributed by atoms with Crippen molar-refractivity contribution in [3.8, 4) is 5.75 Å². The Labute approximate surface area is 255 Å². The Hall–Kier alpha value is -3.26. The molecule has 4 rings (SSSR count). The summed E-state index contributed by atoms with van der Waals surface area (Å²) in [6.45, 7) is 18.8. The zero-order valence-corrected chi connectivity index (χ0v) is 27.5. The van der Waals surface area contributed by atoms with E-state index in [4.69, 9.17) is 9.72 Å². The zero-order chi connectivity index (χ0) is 30.7. The third kappa shape index (κ3) is 8.18. The number of carbonyl (C=O) groups is 1. The lowest BCUT2D eigenvalue weighted by Crippen LogP contribution is -2.44. The Bertz CT molecular complexity index is 1460. The van der Waals surface area contributed by atoms with Gasteiger partial charge in [-0.15, -0.1) is 11.8 Å². The molecule has 7 nitrogen and oxygen atoms in total. The molecule has 1 amide bonds. The van der Waals surface area contributed by atoms with Crippen molar-refractivity contribution in [1.82, 2.24) is 20.2 Å². The van der Waals surface area contributed by atoms with Gasteiger partial charge in [0.1, 0.15) is 11.6 Å². The molecule has 3 aromatic rings. The van der Waals surface area contributed by atoms with Crippen LogP contribution in [0.4, 0.5) is 0 Å². The summed E-state index contributed by atoms with van der Waals surface area (Å²) in [6, 6.07) is 14.3. The van der Waals surface area contributed by atoms with Crippen LogP contribution in [0.1, 0.15) is 72.2 Å². The lowest BCUT2D eigenvalue weighted by Gasteiger charge is -2.23. The van der Waals surface area contributed by atoms with Gasteiger partial charge in [-0.05, 0) is 93.5 Å². The fourth-order valence-corrected chi connectivity index (χ4v) is 6.02. The summed E-state index contributed by atoms with van der Waals surface area (Å²) in [7, 11) is 3.68. The van der Waals surface area contributed by atoms with Crippen LogP contribution in [0.3, 0.4) is 0 Å². The van der Waals surface area contributed by atoms with Gasteiger partial charge in [0.15, 0.2) is 5.82 Å². The van der Waals surface area contributed by atoms with Gasteiger partial charge in [0.2, 0.25) is 5.91 Å². The lowest BCUT2D eigenvalue weighted by atomic mass is 9.92. The van der Waals surface area contributed by atoms with Crippen molar-refractivity contribution in [3.63, 3.8) is 0 Å². The second-order valence-electron chi connectivity index (χ2n) is 13.1. The summed E-state index contributed by atoms with van der Waals surface area (Å²) >= 11 is 1.54. The first-order valence-electron chi connectivity index (χ1n) is 15.0. The van der Waals surface area contributed by atoms with Gasteiger partial charge in [0.05, 0.1) is 42.0 Å². The SMILES string of the molecule is C=C(NC(=O)C(C)(C)Sc1ccc2c(c1)nc(CC(C)(C)C)n2CC1CC1)NC(c1ccc(OC)cc1)=[N+](C)CCC. The maximum Gasteiger partial charge on any atom is 0.283 e. The molecule has 226 valence electrons. The molecule has 2 aromatic carbocycles. The highest BCUT2D eigenvalue weighted by Crippen LogP contribution is 2.37. The lowest BCUT2D eigenvalue weighted by molar-refractivity contribution is -0.498. The van der Waals surface area contributed by atoms with E-state index in [2.05, 4.69) is 72.2 Å². The van der Waals surface area contributed by atoms with E-state index in [1.165, 1.54) is 30.1 Å². The number of thioether (sulfide) groups is 1. The van der Waals surface area contributed by atoms with E-state index in [9.17, 15) is 4.79 Å². The van der Waals surface area contributed by atoms with Gasteiger partial charge in [-0.1, -0.05) is 27.7 Å². The molecule has 1 heterocycles. The Kier molecular flexibility index (Phi) is 9.76. The third-order valence-electron chi connectivity index (χ3n) is 7.38. The quantitative estimate of drug-likeness (QED) is 0.108. The molecule has 0 bridgehead atoms. The molecule has 42 heavy (non-hydrogen) atoms. The van der Waals surface area contributed by atoms with Gasteiger partial charge in [-0.2, -0.15) is 0 Å². The average Bonchev–Trinajstić information content (AvgIpc) is 3.68. The summed E-state index contributed by atoms with van der Waals surface area (Å²) in [5.74, 6) is 3.90.